The summed E-state index contributed by atoms with van der Waals surface area (Å²) in [5.74, 6) is 0.638. The number of anilines is 1. The molecule has 156 valence electrons. The topological polar surface area (TPSA) is 102 Å². The van der Waals surface area contributed by atoms with Crippen LogP contribution in [0.1, 0.15) is 30.1 Å². The Kier molecular flexibility index (Phi) is 7.70. The molecule has 1 fully saturated rings. The molecule has 3 rings (SSSR count). The van der Waals surface area contributed by atoms with Crippen molar-refractivity contribution in [3.05, 3.63) is 29.8 Å². The van der Waals surface area contributed by atoms with Crippen molar-refractivity contribution in [2.24, 2.45) is 5.73 Å². The quantitative estimate of drug-likeness (QED) is 0.476. The van der Waals surface area contributed by atoms with E-state index >= 15 is 0 Å². The van der Waals surface area contributed by atoms with E-state index in [9.17, 15) is 9.59 Å². The monoisotopic (exact) mass is 435 g/mol. The van der Waals surface area contributed by atoms with Crippen molar-refractivity contribution in [2.75, 3.05) is 43.4 Å². The van der Waals surface area contributed by atoms with E-state index in [2.05, 4.69) is 22.0 Å². The van der Waals surface area contributed by atoms with Gasteiger partial charge < -0.3 is 20.3 Å². The number of hydrogen-bond acceptors (Lipinski definition) is 8. The van der Waals surface area contributed by atoms with Crippen LogP contribution >= 0.6 is 23.1 Å². The number of carbonyl (C=O) groups excluding carboxylic acids is 2. The average molecular weight is 436 g/mol. The number of amides is 2. The summed E-state index contributed by atoms with van der Waals surface area (Å²) < 4.78 is 6.37. The van der Waals surface area contributed by atoms with Gasteiger partial charge in [0.2, 0.25) is 11.0 Å². The molecule has 1 aromatic heterocycles. The lowest BCUT2D eigenvalue weighted by Gasteiger charge is -2.34. The van der Waals surface area contributed by atoms with Crippen LogP contribution < -0.4 is 15.4 Å². The first-order chi connectivity index (χ1) is 14.1. The zero-order valence-corrected chi connectivity index (χ0v) is 18.0. The number of thioether (sulfide) groups is 1. The van der Waals surface area contributed by atoms with Crippen molar-refractivity contribution in [2.45, 2.75) is 24.1 Å². The molecule has 8 nitrogen and oxygen atoms in total. The second kappa shape index (κ2) is 10.4. The van der Waals surface area contributed by atoms with Crippen molar-refractivity contribution in [3.8, 4) is 5.75 Å². The van der Waals surface area contributed by atoms with Gasteiger partial charge in [-0.2, -0.15) is 0 Å². The Morgan fingerprint density at radius 2 is 1.90 bits per heavy atom. The number of nitrogens with two attached hydrogens (primary N) is 1. The summed E-state index contributed by atoms with van der Waals surface area (Å²) in [6.45, 7) is 5.45. The Morgan fingerprint density at radius 3 is 2.55 bits per heavy atom. The minimum absolute atomic E-state index is 0.0275. The summed E-state index contributed by atoms with van der Waals surface area (Å²) in [5.41, 5.74) is 5.83. The zero-order valence-electron chi connectivity index (χ0n) is 16.4. The zero-order chi connectivity index (χ0) is 20.6. The van der Waals surface area contributed by atoms with Gasteiger partial charge in [0, 0.05) is 31.7 Å². The summed E-state index contributed by atoms with van der Waals surface area (Å²) in [5, 5.41) is 9.08. The van der Waals surface area contributed by atoms with E-state index in [1.807, 2.05) is 29.2 Å². The predicted octanol–water partition coefficient (Wildman–Crippen LogP) is 2.26. The molecule has 0 atom stereocenters. The van der Waals surface area contributed by atoms with Crippen LogP contribution in [0.2, 0.25) is 0 Å². The molecule has 0 unspecified atom stereocenters. The molecule has 0 aliphatic carbocycles. The lowest BCUT2D eigenvalue weighted by molar-refractivity contribution is -0.115. The molecular formula is C19H25N5O3S2. The summed E-state index contributed by atoms with van der Waals surface area (Å²) in [4.78, 5) is 27.6. The van der Waals surface area contributed by atoms with E-state index in [1.54, 1.807) is 0 Å². The minimum Gasteiger partial charge on any atom is -0.494 e. The smallest absolute Gasteiger partial charge is 0.253 e. The highest BCUT2D eigenvalue weighted by Crippen LogP contribution is 2.28. The number of primary amides is 1. The molecule has 2 N–H and O–H groups in total. The third-order valence-corrected chi connectivity index (χ3v) is 6.58. The number of unbranched alkanes of at least 4 members (excludes halogenated alkanes) is 1. The fourth-order valence-corrected chi connectivity index (χ4v) is 4.46. The van der Waals surface area contributed by atoms with Gasteiger partial charge >= 0.3 is 0 Å². The Labute approximate surface area is 178 Å². The molecule has 2 heterocycles. The van der Waals surface area contributed by atoms with Crippen molar-refractivity contribution in [1.29, 1.82) is 0 Å². The molecule has 0 spiro atoms. The molecule has 10 heteroatoms. The molecule has 2 amide bonds. The van der Waals surface area contributed by atoms with E-state index in [-0.39, 0.29) is 17.6 Å². The van der Waals surface area contributed by atoms with Crippen LogP contribution in [0.25, 0.3) is 0 Å². The first kappa shape index (κ1) is 21.4. The maximum Gasteiger partial charge on any atom is 0.253 e. The van der Waals surface area contributed by atoms with Gasteiger partial charge in [-0.15, -0.1) is 10.2 Å². The van der Waals surface area contributed by atoms with Gasteiger partial charge in [-0.1, -0.05) is 36.4 Å². The number of ether oxygens (including phenoxy) is 1. The number of carbonyl (C=O) groups is 2. The molecule has 29 heavy (non-hydrogen) atoms. The summed E-state index contributed by atoms with van der Waals surface area (Å²) >= 11 is 2.73. The highest BCUT2D eigenvalue weighted by atomic mass is 32.2. The summed E-state index contributed by atoms with van der Waals surface area (Å²) in [6, 6.07) is 7.35. The van der Waals surface area contributed by atoms with Gasteiger partial charge in [-0.3, -0.25) is 9.59 Å². The molecule has 1 aromatic carbocycles. The molecule has 0 bridgehead atoms. The second-order valence-corrected chi connectivity index (χ2v) is 8.79. The van der Waals surface area contributed by atoms with E-state index < -0.39 is 0 Å². The van der Waals surface area contributed by atoms with Crippen LogP contribution in [0.15, 0.2) is 28.6 Å². The van der Waals surface area contributed by atoms with Gasteiger partial charge in [0.25, 0.3) is 5.91 Å². The SMILES string of the molecule is CCCCOc1ccc(C(=O)N2CCN(c3nnc(SCC(N)=O)s3)CC2)cc1. The van der Waals surface area contributed by atoms with Crippen molar-refractivity contribution in [1.82, 2.24) is 15.1 Å². The Morgan fingerprint density at radius 1 is 1.17 bits per heavy atom. The molecule has 0 radical (unpaired) electrons. The largest absolute Gasteiger partial charge is 0.494 e. The van der Waals surface area contributed by atoms with Crippen LogP contribution in [-0.4, -0.2) is 65.5 Å². The van der Waals surface area contributed by atoms with Gasteiger partial charge in [-0.05, 0) is 30.7 Å². The van der Waals surface area contributed by atoms with Crippen molar-refractivity contribution >= 4 is 40.0 Å². The van der Waals surface area contributed by atoms with Crippen LogP contribution in [0.5, 0.6) is 5.75 Å². The number of piperazine rings is 1. The molecule has 0 saturated carbocycles. The van der Waals surface area contributed by atoms with Gasteiger partial charge in [0.1, 0.15) is 5.75 Å². The maximum absolute atomic E-state index is 12.8. The number of hydrogen-bond donors (Lipinski definition) is 1. The highest BCUT2D eigenvalue weighted by Gasteiger charge is 2.24. The van der Waals surface area contributed by atoms with Crippen LogP contribution in [-0.2, 0) is 4.79 Å². The van der Waals surface area contributed by atoms with Gasteiger partial charge in [0.15, 0.2) is 4.34 Å². The molecular weight excluding hydrogens is 410 g/mol. The first-order valence-corrected chi connectivity index (χ1v) is 11.4. The molecule has 2 aromatic rings. The van der Waals surface area contributed by atoms with Crippen LogP contribution in [0.3, 0.4) is 0 Å². The van der Waals surface area contributed by atoms with Gasteiger partial charge in [-0.25, -0.2) is 0 Å². The fraction of sp³-hybridized carbons (Fsp3) is 0.474. The number of rotatable bonds is 9. The Balaban J connectivity index is 1.50. The number of aromatic nitrogens is 2. The molecule has 1 aliphatic rings. The third-order valence-electron chi connectivity index (χ3n) is 4.44. The van der Waals surface area contributed by atoms with Crippen LogP contribution in [0.4, 0.5) is 5.13 Å². The second-order valence-electron chi connectivity index (χ2n) is 6.61. The summed E-state index contributed by atoms with van der Waals surface area (Å²) in [7, 11) is 0. The number of nitrogens with zero attached hydrogens (tertiary/aromatic N) is 4. The Bertz CT molecular complexity index is 820. The molecule has 1 saturated heterocycles. The van der Waals surface area contributed by atoms with Crippen molar-refractivity contribution in [3.63, 3.8) is 0 Å². The normalized spacial score (nSPS) is 14.1. The molecule has 1 aliphatic heterocycles. The van der Waals surface area contributed by atoms with E-state index in [0.29, 0.717) is 38.3 Å². The first-order valence-electron chi connectivity index (χ1n) is 9.58. The van der Waals surface area contributed by atoms with E-state index in [4.69, 9.17) is 10.5 Å². The van der Waals surface area contributed by atoms with Gasteiger partial charge in [0.05, 0.1) is 12.4 Å². The summed E-state index contributed by atoms with van der Waals surface area (Å²) in [6.07, 6.45) is 2.11. The van der Waals surface area contributed by atoms with E-state index in [1.165, 1.54) is 23.1 Å². The average Bonchev–Trinajstić information content (AvgIpc) is 3.22. The van der Waals surface area contributed by atoms with Crippen LogP contribution in [0, 0.1) is 0 Å². The number of benzene rings is 1. The van der Waals surface area contributed by atoms with E-state index in [0.717, 1.165) is 28.1 Å². The van der Waals surface area contributed by atoms with Crippen molar-refractivity contribution < 1.29 is 14.3 Å². The maximum atomic E-state index is 12.8. The standard InChI is InChI=1S/C19H25N5O3S2/c1-2-3-12-27-15-6-4-14(5-7-15)17(26)23-8-10-24(11-9-23)18-21-22-19(29-18)28-13-16(20)25/h4-7H,2-3,8-13H2,1H3,(H2,20,25). The lowest BCUT2D eigenvalue weighted by Crippen LogP contribution is -2.48. The lowest BCUT2D eigenvalue weighted by atomic mass is 10.1. The fourth-order valence-electron chi connectivity index (χ4n) is 2.83. The minimum atomic E-state index is -0.376. The highest BCUT2D eigenvalue weighted by molar-refractivity contribution is 8.01. The Hall–Kier alpha value is -2.33. The third kappa shape index (κ3) is 6.07. The predicted molar refractivity (Wildman–Crippen MR) is 115 cm³/mol.